The Hall–Kier alpha value is -1.24. The summed E-state index contributed by atoms with van der Waals surface area (Å²) in [5.74, 6) is 1.81. The summed E-state index contributed by atoms with van der Waals surface area (Å²) in [6.45, 7) is 9.24. The standard InChI is InChI=1S/C22H35N3O2S/c1-17-6-10-25(11-7-17)18(2)15-23-22(26)24-20-5-3-4-19(14-20)16-28-21-8-12-27-13-9-21/h3-5,14,17-18,21H,6-13,15-16H2,1-2H3,(H2,23,24,26). The van der Waals surface area contributed by atoms with Gasteiger partial charge in [0.2, 0.25) is 0 Å². The van der Waals surface area contributed by atoms with E-state index in [2.05, 4.69) is 41.5 Å². The highest BCUT2D eigenvalue weighted by Gasteiger charge is 2.20. The van der Waals surface area contributed by atoms with Crippen LogP contribution in [0.4, 0.5) is 10.5 Å². The van der Waals surface area contributed by atoms with Crippen molar-refractivity contribution in [3.63, 3.8) is 0 Å². The first-order chi connectivity index (χ1) is 13.6. The van der Waals surface area contributed by atoms with Gasteiger partial charge >= 0.3 is 6.03 Å². The topological polar surface area (TPSA) is 53.6 Å². The lowest BCUT2D eigenvalue weighted by molar-refractivity contribution is 0.1000. The van der Waals surface area contributed by atoms with Crippen LogP contribution in [0.3, 0.4) is 0 Å². The summed E-state index contributed by atoms with van der Waals surface area (Å²) < 4.78 is 5.43. The highest BCUT2D eigenvalue weighted by atomic mass is 32.2. The zero-order valence-electron chi connectivity index (χ0n) is 17.3. The molecule has 2 aliphatic heterocycles. The number of anilines is 1. The third-order valence-electron chi connectivity index (χ3n) is 5.84. The zero-order valence-corrected chi connectivity index (χ0v) is 18.1. The first-order valence-corrected chi connectivity index (χ1v) is 11.7. The molecule has 0 aromatic heterocycles. The molecule has 0 radical (unpaired) electrons. The number of likely N-dealkylation sites (tertiary alicyclic amines) is 1. The molecule has 6 heteroatoms. The second kappa shape index (κ2) is 11.1. The van der Waals surface area contributed by atoms with Crippen molar-refractivity contribution >= 4 is 23.5 Å². The molecule has 0 spiro atoms. The third kappa shape index (κ3) is 6.98. The van der Waals surface area contributed by atoms with Crippen LogP contribution in [0.25, 0.3) is 0 Å². The quantitative estimate of drug-likeness (QED) is 0.708. The van der Waals surface area contributed by atoms with Crippen molar-refractivity contribution in [3.8, 4) is 0 Å². The van der Waals surface area contributed by atoms with Gasteiger partial charge < -0.3 is 15.4 Å². The van der Waals surface area contributed by atoms with Crippen LogP contribution >= 0.6 is 11.8 Å². The number of carbonyl (C=O) groups is 1. The van der Waals surface area contributed by atoms with Crippen molar-refractivity contribution in [2.24, 2.45) is 5.92 Å². The van der Waals surface area contributed by atoms with Crippen LogP contribution in [0.2, 0.25) is 0 Å². The molecule has 0 aliphatic carbocycles. The molecule has 1 aromatic rings. The van der Waals surface area contributed by atoms with E-state index in [1.807, 2.05) is 23.9 Å². The molecule has 1 aromatic carbocycles. The van der Waals surface area contributed by atoms with Gasteiger partial charge in [-0.1, -0.05) is 19.1 Å². The maximum absolute atomic E-state index is 12.3. The molecular formula is C22H35N3O2S. The molecule has 5 nitrogen and oxygen atoms in total. The summed E-state index contributed by atoms with van der Waals surface area (Å²) >= 11 is 1.99. The fourth-order valence-electron chi connectivity index (χ4n) is 3.81. The number of amides is 2. The fraction of sp³-hybridized carbons (Fsp3) is 0.682. The Kier molecular flexibility index (Phi) is 8.49. The molecule has 2 aliphatic rings. The van der Waals surface area contributed by atoms with Crippen LogP contribution in [-0.2, 0) is 10.5 Å². The number of nitrogens with one attached hydrogen (secondary N) is 2. The van der Waals surface area contributed by atoms with Gasteiger partial charge in [0, 0.05) is 42.5 Å². The summed E-state index contributed by atoms with van der Waals surface area (Å²) in [6, 6.07) is 8.45. The van der Waals surface area contributed by atoms with E-state index in [-0.39, 0.29) is 6.03 Å². The molecule has 156 valence electrons. The summed E-state index contributed by atoms with van der Waals surface area (Å²) in [5.41, 5.74) is 2.12. The van der Waals surface area contributed by atoms with Crippen LogP contribution in [0.1, 0.15) is 45.1 Å². The lowest BCUT2D eigenvalue weighted by atomic mass is 9.98. The number of ether oxygens (including phenoxy) is 1. The van der Waals surface area contributed by atoms with E-state index in [0.29, 0.717) is 17.8 Å². The van der Waals surface area contributed by atoms with Gasteiger partial charge in [-0.15, -0.1) is 0 Å². The molecule has 1 unspecified atom stereocenters. The second-order valence-corrected chi connectivity index (χ2v) is 9.51. The Balaban J connectivity index is 1.39. The first kappa shape index (κ1) is 21.5. The van der Waals surface area contributed by atoms with Crippen LogP contribution < -0.4 is 10.6 Å². The predicted octanol–water partition coefficient (Wildman–Crippen LogP) is 4.34. The number of rotatable bonds is 7. The third-order valence-corrected chi connectivity index (χ3v) is 7.28. The average molecular weight is 406 g/mol. The molecule has 2 saturated heterocycles. The zero-order chi connectivity index (χ0) is 19.8. The lowest BCUT2D eigenvalue weighted by Crippen LogP contribution is -2.46. The van der Waals surface area contributed by atoms with Gasteiger partial charge in [-0.05, 0) is 69.3 Å². The number of urea groups is 1. The van der Waals surface area contributed by atoms with E-state index in [0.717, 1.165) is 56.5 Å². The number of hydrogen-bond donors (Lipinski definition) is 2. The normalized spacial score (nSPS) is 20.6. The van der Waals surface area contributed by atoms with E-state index < -0.39 is 0 Å². The van der Waals surface area contributed by atoms with Crippen molar-refractivity contribution in [2.45, 2.75) is 56.6 Å². The van der Waals surface area contributed by atoms with E-state index in [1.54, 1.807) is 0 Å². The Labute approximate surface area is 174 Å². The number of carbonyl (C=O) groups excluding carboxylic acids is 1. The number of benzene rings is 1. The molecule has 0 saturated carbocycles. The van der Waals surface area contributed by atoms with Gasteiger partial charge in [0.1, 0.15) is 0 Å². The molecule has 2 amide bonds. The predicted molar refractivity (Wildman–Crippen MR) is 118 cm³/mol. The van der Waals surface area contributed by atoms with Gasteiger partial charge in [0.15, 0.2) is 0 Å². The Morgan fingerprint density at radius 2 is 2.00 bits per heavy atom. The summed E-state index contributed by atoms with van der Waals surface area (Å²) in [5, 5.41) is 6.71. The molecule has 28 heavy (non-hydrogen) atoms. The second-order valence-electron chi connectivity index (χ2n) is 8.23. The number of piperidine rings is 1. The van der Waals surface area contributed by atoms with Crippen molar-refractivity contribution in [1.82, 2.24) is 10.2 Å². The highest BCUT2D eigenvalue weighted by molar-refractivity contribution is 7.99. The average Bonchev–Trinajstić information content (AvgIpc) is 2.72. The number of hydrogen-bond acceptors (Lipinski definition) is 4. The Bertz CT molecular complexity index is 614. The molecular weight excluding hydrogens is 370 g/mol. The minimum atomic E-state index is -0.119. The summed E-state index contributed by atoms with van der Waals surface area (Å²) in [4.78, 5) is 14.8. The largest absolute Gasteiger partial charge is 0.381 e. The molecule has 1 atom stereocenters. The van der Waals surface area contributed by atoms with Gasteiger partial charge in [-0.25, -0.2) is 4.79 Å². The minimum absolute atomic E-state index is 0.119. The van der Waals surface area contributed by atoms with Crippen LogP contribution in [0.5, 0.6) is 0 Å². The monoisotopic (exact) mass is 405 g/mol. The van der Waals surface area contributed by atoms with E-state index in [4.69, 9.17) is 4.74 Å². The van der Waals surface area contributed by atoms with E-state index in [9.17, 15) is 4.79 Å². The lowest BCUT2D eigenvalue weighted by Gasteiger charge is -2.34. The molecule has 2 N–H and O–H groups in total. The number of thioether (sulfide) groups is 1. The number of nitrogens with zero attached hydrogens (tertiary/aromatic N) is 1. The summed E-state index contributed by atoms with van der Waals surface area (Å²) in [7, 11) is 0. The van der Waals surface area contributed by atoms with Crippen molar-refractivity contribution in [2.75, 3.05) is 38.2 Å². The van der Waals surface area contributed by atoms with Crippen molar-refractivity contribution in [1.29, 1.82) is 0 Å². The fourth-order valence-corrected chi connectivity index (χ4v) is 4.94. The first-order valence-electron chi connectivity index (χ1n) is 10.7. The molecule has 0 bridgehead atoms. The SMILES string of the molecule is CC1CCN(C(C)CNC(=O)Nc2cccc(CSC3CCOCC3)c2)CC1. The van der Waals surface area contributed by atoms with Crippen LogP contribution in [0.15, 0.2) is 24.3 Å². The van der Waals surface area contributed by atoms with E-state index in [1.165, 1.54) is 18.4 Å². The molecule has 2 heterocycles. The van der Waals surface area contributed by atoms with Crippen molar-refractivity contribution < 1.29 is 9.53 Å². The smallest absolute Gasteiger partial charge is 0.319 e. The van der Waals surface area contributed by atoms with Gasteiger partial charge in [-0.2, -0.15) is 11.8 Å². The van der Waals surface area contributed by atoms with Gasteiger partial charge in [-0.3, -0.25) is 4.90 Å². The van der Waals surface area contributed by atoms with E-state index >= 15 is 0 Å². The van der Waals surface area contributed by atoms with Crippen LogP contribution in [0, 0.1) is 5.92 Å². The van der Waals surface area contributed by atoms with Crippen LogP contribution in [-0.4, -0.2) is 55.1 Å². The molecule has 3 rings (SSSR count). The maximum Gasteiger partial charge on any atom is 0.319 e. The highest BCUT2D eigenvalue weighted by Crippen LogP contribution is 2.26. The Morgan fingerprint density at radius 3 is 2.75 bits per heavy atom. The Morgan fingerprint density at radius 1 is 1.25 bits per heavy atom. The summed E-state index contributed by atoms with van der Waals surface area (Å²) in [6.07, 6.45) is 4.79. The molecule has 2 fully saturated rings. The minimum Gasteiger partial charge on any atom is -0.381 e. The van der Waals surface area contributed by atoms with Gasteiger partial charge in [0.25, 0.3) is 0 Å². The maximum atomic E-state index is 12.3. The van der Waals surface area contributed by atoms with Gasteiger partial charge in [0.05, 0.1) is 0 Å². The van der Waals surface area contributed by atoms with Crippen molar-refractivity contribution in [3.05, 3.63) is 29.8 Å².